The minimum Gasteiger partial charge on any atom is -0.310 e. The molecule has 4 aliphatic rings. The van der Waals surface area contributed by atoms with Gasteiger partial charge in [-0.25, -0.2) is 0 Å². The third-order valence-electron chi connectivity index (χ3n) is 9.14. The van der Waals surface area contributed by atoms with Crippen molar-refractivity contribution in [1.82, 2.24) is 9.47 Å². The molecule has 3 aliphatic carbocycles. The number of nitriles is 1. The first-order chi connectivity index (χ1) is 14.4. The molecule has 4 heteroatoms. The average molecular weight is 416 g/mol. The minimum absolute atomic E-state index is 0.707. The summed E-state index contributed by atoms with van der Waals surface area (Å²) in [6, 6.07) is 2.41. The summed E-state index contributed by atoms with van der Waals surface area (Å²) in [6.45, 7) is 4.80. The lowest BCUT2D eigenvalue weighted by molar-refractivity contribution is 0.131. The van der Waals surface area contributed by atoms with Crippen LogP contribution in [0, 0.1) is 11.3 Å². The summed E-state index contributed by atoms with van der Waals surface area (Å²) in [6.07, 6.45) is 24.8. The molecular formula is C25H45N3Si. The van der Waals surface area contributed by atoms with Gasteiger partial charge in [0.2, 0.25) is 0 Å². The third kappa shape index (κ3) is 4.78. The van der Waals surface area contributed by atoms with Crippen LogP contribution in [0.25, 0.3) is 0 Å². The van der Waals surface area contributed by atoms with Gasteiger partial charge < -0.3 is 4.57 Å². The summed E-state index contributed by atoms with van der Waals surface area (Å²) >= 11 is 0. The van der Waals surface area contributed by atoms with Crippen LogP contribution in [0.1, 0.15) is 109 Å². The zero-order chi connectivity index (χ0) is 19.9. The molecule has 0 aromatic carbocycles. The average Bonchev–Trinajstić information content (AvgIpc) is 2.81. The summed E-state index contributed by atoms with van der Waals surface area (Å²) in [5, 5.41) is 9.15. The van der Waals surface area contributed by atoms with Crippen molar-refractivity contribution in [2.24, 2.45) is 0 Å². The van der Waals surface area contributed by atoms with Gasteiger partial charge in [-0.05, 0) is 29.6 Å². The van der Waals surface area contributed by atoms with Gasteiger partial charge in [-0.15, -0.1) is 0 Å². The Morgan fingerprint density at radius 2 is 1.14 bits per heavy atom. The molecular weight excluding hydrogens is 370 g/mol. The van der Waals surface area contributed by atoms with Gasteiger partial charge in [-0.2, -0.15) is 5.26 Å². The van der Waals surface area contributed by atoms with E-state index in [1.54, 1.807) is 38.5 Å². The topological polar surface area (TPSA) is 30.3 Å². The van der Waals surface area contributed by atoms with E-state index < -0.39 is 8.24 Å². The first-order valence-corrected chi connectivity index (χ1v) is 15.4. The number of hydrogen-bond donors (Lipinski definition) is 0. The molecule has 0 aromatic heterocycles. The second kappa shape index (κ2) is 10.8. The highest BCUT2D eigenvalue weighted by atomic mass is 28.3. The Hall–Kier alpha value is -0.373. The number of hydrogen-bond acceptors (Lipinski definition) is 3. The molecule has 0 atom stereocenters. The van der Waals surface area contributed by atoms with Gasteiger partial charge in [0, 0.05) is 26.2 Å². The maximum absolute atomic E-state index is 9.15. The summed E-state index contributed by atoms with van der Waals surface area (Å²) in [7, 11) is -1.56. The molecule has 0 radical (unpaired) electrons. The van der Waals surface area contributed by atoms with Crippen LogP contribution in [0.3, 0.4) is 0 Å². The molecule has 29 heavy (non-hydrogen) atoms. The maximum atomic E-state index is 9.15. The second-order valence-electron chi connectivity index (χ2n) is 10.7. The van der Waals surface area contributed by atoms with Gasteiger partial charge in [-0.3, -0.25) is 4.90 Å². The molecule has 0 N–H and O–H groups in total. The Kier molecular flexibility index (Phi) is 8.12. The molecule has 0 unspecified atom stereocenters. The van der Waals surface area contributed by atoms with Crippen molar-refractivity contribution in [1.29, 1.82) is 5.26 Å². The fraction of sp³-hybridized carbons (Fsp3) is 0.960. The minimum atomic E-state index is -1.56. The van der Waals surface area contributed by atoms with Gasteiger partial charge in [0.15, 0.2) is 0 Å². The van der Waals surface area contributed by atoms with Crippen LogP contribution in [-0.2, 0) is 0 Å². The molecule has 4 rings (SSSR count). The Morgan fingerprint density at radius 1 is 0.655 bits per heavy atom. The van der Waals surface area contributed by atoms with Gasteiger partial charge in [-0.1, -0.05) is 96.3 Å². The highest BCUT2D eigenvalue weighted by molar-refractivity contribution is 6.81. The molecule has 164 valence electrons. The van der Waals surface area contributed by atoms with E-state index >= 15 is 0 Å². The van der Waals surface area contributed by atoms with Crippen LogP contribution in [-0.4, -0.2) is 44.0 Å². The van der Waals surface area contributed by atoms with Crippen molar-refractivity contribution in [3.8, 4) is 6.07 Å². The molecule has 0 bridgehead atoms. The third-order valence-corrected chi connectivity index (χ3v) is 16.3. The fourth-order valence-electron chi connectivity index (χ4n) is 8.04. The van der Waals surface area contributed by atoms with Crippen molar-refractivity contribution in [2.45, 2.75) is 126 Å². The summed E-state index contributed by atoms with van der Waals surface area (Å²) in [4.78, 5) is 2.66. The van der Waals surface area contributed by atoms with Crippen LogP contribution in [0.5, 0.6) is 0 Å². The maximum Gasteiger partial charge on any atom is 0.138 e. The van der Waals surface area contributed by atoms with Crippen LogP contribution < -0.4 is 0 Å². The molecule has 1 saturated heterocycles. The molecule has 0 aromatic rings. The monoisotopic (exact) mass is 415 g/mol. The molecule has 0 amide bonds. The predicted octanol–water partition coefficient (Wildman–Crippen LogP) is 6.81. The largest absolute Gasteiger partial charge is 0.310 e. The Morgan fingerprint density at radius 3 is 1.59 bits per heavy atom. The first kappa shape index (κ1) is 21.8. The van der Waals surface area contributed by atoms with Gasteiger partial charge in [0.1, 0.15) is 8.24 Å². The van der Waals surface area contributed by atoms with Crippen molar-refractivity contribution < 1.29 is 0 Å². The highest BCUT2D eigenvalue weighted by Crippen LogP contribution is 2.58. The van der Waals surface area contributed by atoms with E-state index in [0.717, 1.165) is 23.2 Å². The predicted molar refractivity (Wildman–Crippen MR) is 124 cm³/mol. The van der Waals surface area contributed by atoms with E-state index in [-0.39, 0.29) is 0 Å². The first-order valence-electron chi connectivity index (χ1n) is 13.2. The van der Waals surface area contributed by atoms with Crippen molar-refractivity contribution >= 4 is 8.24 Å². The molecule has 0 spiro atoms. The van der Waals surface area contributed by atoms with Crippen LogP contribution in [0.15, 0.2) is 0 Å². The number of nitrogens with zero attached hydrogens (tertiary/aromatic N) is 3. The number of rotatable bonds is 6. The van der Waals surface area contributed by atoms with Crippen LogP contribution >= 0.6 is 0 Å². The summed E-state index contributed by atoms with van der Waals surface area (Å²) < 4.78 is 3.19. The SMILES string of the molecule is N#CCCN1CCCN([Si](C2CCCCC2)(C2CCCCC2)C2CCCCC2)C1. The Labute approximate surface area is 181 Å². The standard InChI is InChI=1S/C25H45N3Si/c26-18-10-19-27-20-11-21-28(22-27)29(23-12-4-1-5-13-23,24-14-6-2-7-15-24)25-16-8-3-9-17-25/h23-25H,1-17,19-22H2. The van der Waals surface area contributed by atoms with E-state index in [0.29, 0.717) is 6.42 Å². The normalized spacial score (nSPS) is 27.7. The van der Waals surface area contributed by atoms with E-state index in [1.165, 1.54) is 84.0 Å². The quantitative estimate of drug-likeness (QED) is 0.446. The molecule has 3 saturated carbocycles. The van der Waals surface area contributed by atoms with Crippen molar-refractivity contribution in [3.05, 3.63) is 0 Å². The molecule has 3 nitrogen and oxygen atoms in total. The summed E-state index contributed by atoms with van der Waals surface area (Å²) in [5.74, 6) is 0. The fourth-order valence-corrected chi connectivity index (χ4v) is 16.6. The smallest absolute Gasteiger partial charge is 0.138 e. The second-order valence-corrected chi connectivity index (χ2v) is 15.5. The lowest BCUT2D eigenvalue weighted by atomic mass is 9.98. The van der Waals surface area contributed by atoms with Gasteiger partial charge in [0.05, 0.1) is 6.07 Å². The molecule has 1 aliphatic heterocycles. The lowest BCUT2D eigenvalue weighted by Crippen LogP contribution is -2.67. The Balaban J connectivity index is 1.67. The highest BCUT2D eigenvalue weighted by Gasteiger charge is 2.56. The van der Waals surface area contributed by atoms with E-state index in [4.69, 9.17) is 5.26 Å². The van der Waals surface area contributed by atoms with E-state index in [1.807, 2.05) is 0 Å². The van der Waals surface area contributed by atoms with Crippen LogP contribution in [0.2, 0.25) is 16.6 Å². The molecule has 1 heterocycles. The lowest BCUT2D eigenvalue weighted by Gasteiger charge is -2.60. The van der Waals surface area contributed by atoms with Crippen molar-refractivity contribution in [3.63, 3.8) is 0 Å². The summed E-state index contributed by atoms with van der Waals surface area (Å²) in [5.41, 5.74) is 3.20. The zero-order valence-electron chi connectivity index (χ0n) is 18.9. The van der Waals surface area contributed by atoms with E-state index in [9.17, 15) is 0 Å². The van der Waals surface area contributed by atoms with Gasteiger partial charge >= 0.3 is 0 Å². The Bertz CT molecular complexity index is 481. The van der Waals surface area contributed by atoms with Crippen LogP contribution in [0.4, 0.5) is 0 Å². The van der Waals surface area contributed by atoms with Gasteiger partial charge in [0.25, 0.3) is 0 Å². The zero-order valence-corrected chi connectivity index (χ0v) is 19.9. The van der Waals surface area contributed by atoms with Crippen molar-refractivity contribution in [2.75, 3.05) is 26.3 Å². The van der Waals surface area contributed by atoms with E-state index in [2.05, 4.69) is 15.5 Å². The molecule has 4 fully saturated rings.